The van der Waals surface area contributed by atoms with Crippen molar-refractivity contribution in [3.63, 3.8) is 0 Å². The van der Waals surface area contributed by atoms with Crippen molar-refractivity contribution in [2.45, 2.75) is 80.3 Å². The second-order valence-corrected chi connectivity index (χ2v) is 20.8. The fourth-order valence-electron chi connectivity index (χ4n) is 5.31. The van der Waals surface area contributed by atoms with Gasteiger partial charge in [0.05, 0.1) is 0 Å². The molecule has 0 aromatic rings. The van der Waals surface area contributed by atoms with Gasteiger partial charge in [-0.05, 0) is 35.5 Å². The SMILES string of the molecule is CC1[CH-]C2=CC=CCC(C)(C)C2C1.CC1[CH-]C2=CC=CCC(C)(C)C2C1.C[Si](C)=[Zr+2].[Cl-].[Cl-]. The molecule has 4 aliphatic carbocycles. The molecule has 32 heavy (non-hydrogen) atoms. The molecule has 4 heteroatoms. The normalized spacial score (nSPS) is 30.2. The van der Waals surface area contributed by atoms with Gasteiger partial charge in [-0.15, -0.1) is 24.3 Å². The Labute approximate surface area is 227 Å². The molecule has 0 aromatic carbocycles. The van der Waals surface area contributed by atoms with Gasteiger partial charge in [-0.25, -0.2) is 36.1 Å². The molecule has 0 amide bonds. The molecule has 0 N–H and O–H groups in total. The van der Waals surface area contributed by atoms with Crippen LogP contribution in [0.2, 0.25) is 13.1 Å². The third kappa shape index (κ3) is 9.56. The summed E-state index contributed by atoms with van der Waals surface area (Å²) in [7, 11) is 0. The second kappa shape index (κ2) is 14.1. The van der Waals surface area contributed by atoms with E-state index in [1.807, 2.05) is 0 Å². The number of hydrogen-bond donors (Lipinski definition) is 0. The minimum absolute atomic E-state index is 0. The Morgan fingerprint density at radius 2 is 1.09 bits per heavy atom. The number of allylic oxidation sites excluding steroid dienone is 8. The molecule has 4 unspecified atom stereocenters. The van der Waals surface area contributed by atoms with Crippen LogP contribution < -0.4 is 24.8 Å². The summed E-state index contributed by atoms with van der Waals surface area (Å²) in [5.41, 5.74) is 4.28. The zero-order valence-electron chi connectivity index (χ0n) is 21.5. The first-order valence-corrected chi connectivity index (χ1v) is 18.1. The first-order chi connectivity index (χ1) is 13.9. The molecule has 0 saturated heterocycles. The molecule has 4 atom stereocenters. The average Bonchev–Trinajstić information content (AvgIpc) is 3.11. The van der Waals surface area contributed by atoms with E-state index in [0.29, 0.717) is 10.8 Å². The largest absolute Gasteiger partial charge is 1.00 e. The quantitative estimate of drug-likeness (QED) is 0.310. The molecule has 0 aliphatic heterocycles. The van der Waals surface area contributed by atoms with Gasteiger partial charge in [-0.1, -0.05) is 66.2 Å². The smallest absolute Gasteiger partial charge is 1.00 e. The van der Waals surface area contributed by atoms with E-state index >= 15 is 0 Å². The van der Waals surface area contributed by atoms with Crippen molar-refractivity contribution >= 4 is 5.43 Å². The fraction of sp³-hybridized carbons (Fsp3) is 0.643. The van der Waals surface area contributed by atoms with Crippen molar-refractivity contribution in [2.24, 2.45) is 34.5 Å². The molecule has 4 aliphatic rings. The van der Waals surface area contributed by atoms with Crippen molar-refractivity contribution in [1.29, 1.82) is 0 Å². The maximum atomic E-state index is 2.45. The van der Waals surface area contributed by atoms with Crippen LogP contribution in [0.4, 0.5) is 0 Å². The van der Waals surface area contributed by atoms with E-state index in [-0.39, 0.29) is 30.2 Å². The molecule has 0 heterocycles. The van der Waals surface area contributed by atoms with E-state index < -0.39 is 0 Å². The van der Waals surface area contributed by atoms with Crippen LogP contribution in [-0.4, -0.2) is 5.43 Å². The van der Waals surface area contributed by atoms with Gasteiger partial charge >= 0.3 is 41.9 Å². The molecular weight excluding hydrogens is 527 g/mol. The van der Waals surface area contributed by atoms with Gasteiger partial charge in [-0.3, -0.25) is 0 Å². The summed E-state index contributed by atoms with van der Waals surface area (Å²) in [5.74, 6) is 3.14. The van der Waals surface area contributed by atoms with E-state index in [1.165, 1.54) is 25.7 Å². The monoisotopic (exact) mass is 568 g/mol. The van der Waals surface area contributed by atoms with E-state index in [4.69, 9.17) is 0 Å². The summed E-state index contributed by atoms with van der Waals surface area (Å²) in [6, 6.07) is 0. The summed E-state index contributed by atoms with van der Waals surface area (Å²) >= 11 is 1.74. The molecule has 0 aromatic heterocycles. The van der Waals surface area contributed by atoms with Gasteiger partial charge in [0.15, 0.2) is 0 Å². The van der Waals surface area contributed by atoms with Crippen LogP contribution in [0.15, 0.2) is 47.6 Å². The Morgan fingerprint density at radius 3 is 1.41 bits per heavy atom. The summed E-state index contributed by atoms with van der Waals surface area (Å²) < 4.78 is 0. The van der Waals surface area contributed by atoms with Crippen molar-refractivity contribution < 1.29 is 48.1 Å². The van der Waals surface area contributed by atoms with Crippen LogP contribution in [0, 0.1) is 47.3 Å². The van der Waals surface area contributed by atoms with E-state index in [2.05, 4.69) is 104 Å². The van der Waals surface area contributed by atoms with Gasteiger partial charge in [0.2, 0.25) is 0 Å². The maximum Gasteiger partial charge on any atom is -1.00 e. The van der Waals surface area contributed by atoms with Gasteiger partial charge in [0, 0.05) is 0 Å². The Hall–Kier alpha value is 0.380. The van der Waals surface area contributed by atoms with E-state index in [0.717, 1.165) is 23.7 Å². The van der Waals surface area contributed by atoms with E-state index in [9.17, 15) is 0 Å². The summed E-state index contributed by atoms with van der Waals surface area (Å²) in [5, 5.41) is 0. The summed E-state index contributed by atoms with van der Waals surface area (Å²) in [4.78, 5) is 0. The summed E-state index contributed by atoms with van der Waals surface area (Å²) in [6.07, 6.45) is 23.7. The van der Waals surface area contributed by atoms with Crippen LogP contribution in [0.1, 0.15) is 67.2 Å². The average molecular weight is 571 g/mol. The number of hydrogen-bond acceptors (Lipinski definition) is 0. The van der Waals surface area contributed by atoms with Gasteiger partial charge in [-0.2, -0.15) is 0 Å². The number of rotatable bonds is 0. The minimum atomic E-state index is 0. The van der Waals surface area contributed by atoms with Crippen molar-refractivity contribution in [3.8, 4) is 0 Å². The maximum absolute atomic E-state index is 2.45. The standard InChI is InChI=1S/2C13H19.C2H6Si.2ClH.Zr/c2*1-10-8-11-6-4-5-7-13(2,3)12(11)9-10;1-3-2;;;/h2*4-6,8,10,12H,7,9H2,1-3H3;1-2H3;2*1H;/q2*-1;;;;+2/p-2. The fourth-order valence-corrected chi connectivity index (χ4v) is 5.31. The van der Waals surface area contributed by atoms with Crippen LogP contribution in [0.5, 0.6) is 0 Å². The predicted molar refractivity (Wildman–Crippen MR) is 132 cm³/mol. The third-order valence-electron chi connectivity index (χ3n) is 7.00. The number of fused-ring (bicyclic) bond motifs is 2. The van der Waals surface area contributed by atoms with Gasteiger partial charge in [0.1, 0.15) is 0 Å². The first-order valence-electron chi connectivity index (χ1n) is 11.9. The summed E-state index contributed by atoms with van der Waals surface area (Å²) in [6.45, 7) is 18.9. The van der Waals surface area contributed by atoms with Crippen molar-refractivity contribution in [3.05, 3.63) is 60.4 Å². The van der Waals surface area contributed by atoms with Crippen LogP contribution >= 0.6 is 0 Å². The zero-order chi connectivity index (χ0) is 22.5. The molecule has 180 valence electrons. The van der Waals surface area contributed by atoms with Crippen molar-refractivity contribution in [1.82, 2.24) is 0 Å². The Balaban J connectivity index is 0.000000490. The molecule has 2 fully saturated rings. The van der Waals surface area contributed by atoms with Crippen LogP contribution in [0.25, 0.3) is 0 Å². The Kier molecular flexibility index (Phi) is 14.2. The molecule has 0 spiro atoms. The Bertz CT molecular complexity index is 670. The molecule has 0 nitrogen and oxygen atoms in total. The minimum Gasteiger partial charge on any atom is -1.00 e. The Morgan fingerprint density at radius 1 is 0.781 bits per heavy atom. The molecule has 4 rings (SSSR count). The topological polar surface area (TPSA) is 0 Å². The molecule has 0 radical (unpaired) electrons. The second-order valence-electron chi connectivity index (χ2n) is 11.4. The van der Waals surface area contributed by atoms with Gasteiger partial charge < -0.3 is 24.8 Å². The van der Waals surface area contributed by atoms with E-state index in [1.54, 1.807) is 34.5 Å². The van der Waals surface area contributed by atoms with Crippen LogP contribution in [0.3, 0.4) is 0 Å². The zero-order valence-corrected chi connectivity index (χ0v) is 26.5. The molecular formula is C28H44Cl2SiZr-2. The number of halogens is 2. The molecule has 2 saturated carbocycles. The third-order valence-corrected chi connectivity index (χ3v) is 7.00. The first kappa shape index (κ1) is 32.4. The predicted octanol–water partition coefficient (Wildman–Crippen LogP) is 2.31. The van der Waals surface area contributed by atoms with Crippen molar-refractivity contribution in [2.75, 3.05) is 0 Å². The molecule has 0 bridgehead atoms. The van der Waals surface area contributed by atoms with Crippen LogP contribution in [-0.2, 0) is 23.3 Å². The van der Waals surface area contributed by atoms with Gasteiger partial charge in [0.25, 0.3) is 0 Å².